The van der Waals surface area contributed by atoms with E-state index >= 15 is 0 Å². The number of hydrogen-bond donors (Lipinski definition) is 0. The molecule has 4 rings (SSSR count). The number of hydrogen-bond acceptors (Lipinski definition) is 6. The van der Waals surface area contributed by atoms with Crippen LogP contribution in [0.25, 0.3) is 22.4 Å². The summed E-state index contributed by atoms with van der Waals surface area (Å²) in [5.41, 5.74) is 3.14. The zero-order valence-electron chi connectivity index (χ0n) is 14.8. The highest BCUT2D eigenvalue weighted by Crippen LogP contribution is 2.19. The van der Waals surface area contributed by atoms with Crippen molar-refractivity contribution in [2.45, 2.75) is 20.0 Å². The van der Waals surface area contributed by atoms with Crippen LogP contribution in [-0.2, 0) is 13.1 Å². The van der Waals surface area contributed by atoms with Crippen LogP contribution >= 0.6 is 0 Å². The monoisotopic (exact) mass is 348 g/mol. The molecular formula is C19H20N6O. The van der Waals surface area contributed by atoms with Crippen molar-refractivity contribution in [2.75, 3.05) is 13.6 Å². The largest absolute Gasteiger partial charge is 0.344 e. The molecule has 0 saturated heterocycles. The highest BCUT2D eigenvalue weighted by Gasteiger charge is 2.12. The van der Waals surface area contributed by atoms with E-state index in [9.17, 15) is 0 Å². The predicted octanol–water partition coefficient (Wildman–Crippen LogP) is 2.92. The molecule has 0 aliphatic rings. The standard InChI is InChI=1S/C19H20N6O/c1-14-11-15-5-3-4-6-17(15)25(14)10-9-24(2)13-18-22-19(23-26-18)16-12-20-7-8-21-16/h3-8,11-12H,9-10,13H2,1-2H3. The summed E-state index contributed by atoms with van der Waals surface area (Å²) in [6.07, 6.45) is 4.85. The van der Waals surface area contributed by atoms with Gasteiger partial charge in [0.2, 0.25) is 11.7 Å². The summed E-state index contributed by atoms with van der Waals surface area (Å²) in [4.78, 5) is 14.8. The van der Waals surface area contributed by atoms with E-state index in [4.69, 9.17) is 4.52 Å². The molecule has 0 aliphatic heterocycles. The minimum atomic E-state index is 0.466. The number of para-hydroxylation sites is 1. The second-order valence-electron chi connectivity index (χ2n) is 6.34. The first kappa shape index (κ1) is 16.4. The Kier molecular flexibility index (Phi) is 4.45. The average Bonchev–Trinajstić information content (AvgIpc) is 3.24. The van der Waals surface area contributed by atoms with Gasteiger partial charge in [0.05, 0.1) is 12.7 Å². The summed E-state index contributed by atoms with van der Waals surface area (Å²) in [5.74, 6) is 1.04. The van der Waals surface area contributed by atoms with Crippen molar-refractivity contribution < 1.29 is 4.52 Å². The van der Waals surface area contributed by atoms with Crippen LogP contribution in [0.5, 0.6) is 0 Å². The molecule has 0 amide bonds. The van der Waals surface area contributed by atoms with Gasteiger partial charge in [-0.3, -0.25) is 9.88 Å². The van der Waals surface area contributed by atoms with Gasteiger partial charge < -0.3 is 9.09 Å². The van der Waals surface area contributed by atoms with Crippen LogP contribution < -0.4 is 0 Å². The van der Waals surface area contributed by atoms with Crippen LogP contribution in [0, 0.1) is 6.92 Å². The first-order valence-corrected chi connectivity index (χ1v) is 8.53. The number of aromatic nitrogens is 5. The Labute approximate surface area is 151 Å². The third-order valence-corrected chi connectivity index (χ3v) is 4.39. The molecule has 0 aliphatic carbocycles. The number of likely N-dealkylation sites (N-methyl/N-ethyl adjacent to an activating group) is 1. The van der Waals surface area contributed by atoms with Crippen molar-refractivity contribution in [1.29, 1.82) is 0 Å². The molecule has 132 valence electrons. The van der Waals surface area contributed by atoms with E-state index in [1.54, 1.807) is 18.6 Å². The van der Waals surface area contributed by atoms with E-state index in [-0.39, 0.29) is 0 Å². The van der Waals surface area contributed by atoms with Crippen LogP contribution in [0.15, 0.2) is 53.4 Å². The SMILES string of the molecule is Cc1cc2ccccc2n1CCN(C)Cc1nc(-c2cnccn2)no1. The van der Waals surface area contributed by atoms with Crippen molar-refractivity contribution in [1.82, 2.24) is 29.6 Å². The molecular weight excluding hydrogens is 328 g/mol. The van der Waals surface area contributed by atoms with E-state index in [2.05, 4.69) is 66.8 Å². The first-order chi connectivity index (χ1) is 12.7. The third kappa shape index (κ3) is 3.34. The lowest BCUT2D eigenvalue weighted by Gasteiger charge is -2.16. The molecule has 0 saturated carbocycles. The fourth-order valence-corrected chi connectivity index (χ4v) is 3.06. The zero-order chi connectivity index (χ0) is 17.9. The molecule has 7 nitrogen and oxygen atoms in total. The van der Waals surface area contributed by atoms with Crippen LogP contribution in [-0.4, -0.2) is 43.2 Å². The van der Waals surface area contributed by atoms with Crippen LogP contribution in [0.2, 0.25) is 0 Å². The van der Waals surface area contributed by atoms with Crippen LogP contribution in [0.4, 0.5) is 0 Å². The minimum absolute atomic E-state index is 0.466. The van der Waals surface area contributed by atoms with Crippen molar-refractivity contribution >= 4 is 10.9 Å². The van der Waals surface area contributed by atoms with Crippen molar-refractivity contribution in [3.8, 4) is 11.5 Å². The van der Waals surface area contributed by atoms with Gasteiger partial charge in [-0.1, -0.05) is 23.4 Å². The van der Waals surface area contributed by atoms with Gasteiger partial charge in [0.1, 0.15) is 5.69 Å². The third-order valence-electron chi connectivity index (χ3n) is 4.39. The molecule has 4 aromatic rings. The highest BCUT2D eigenvalue weighted by molar-refractivity contribution is 5.81. The Hall–Kier alpha value is -3.06. The number of benzene rings is 1. The molecule has 0 unspecified atom stereocenters. The summed E-state index contributed by atoms with van der Waals surface area (Å²) in [5, 5.41) is 5.26. The number of rotatable bonds is 6. The summed E-state index contributed by atoms with van der Waals surface area (Å²) in [7, 11) is 2.05. The summed E-state index contributed by atoms with van der Waals surface area (Å²) < 4.78 is 7.68. The van der Waals surface area contributed by atoms with E-state index in [0.29, 0.717) is 24.0 Å². The lowest BCUT2D eigenvalue weighted by molar-refractivity contribution is 0.259. The Bertz CT molecular complexity index is 1010. The first-order valence-electron chi connectivity index (χ1n) is 8.53. The minimum Gasteiger partial charge on any atom is -0.344 e. The molecule has 26 heavy (non-hydrogen) atoms. The molecule has 7 heteroatoms. The molecule has 0 atom stereocenters. The van der Waals surface area contributed by atoms with Gasteiger partial charge in [-0.15, -0.1) is 0 Å². The molecule has 1 aromatic carbocycles. The highest BCUT2D eigenvalue weighted by atomic mass is 16.5. The fraction of sp³-hybridized carbons (Fsp3) is 0.263. The molecule has 3 aromatic heterocycles. The summed E-state index contributed by atoms with van der Waals surface area (Å²) in [6, 6.07) is 10.7. The number of nitrogens with zero attached hydrogens (tertiary/aromatic N) is 6. The maximum absolute atomic E-state index is 5.34. The van der Waals surface area contributed by atoms with Crippen molar-refractivity contribution in [3.05, 3.63) is 60.5 Å². The summed E-state index contributed by atoms with van der Waals surface area (Å²) >= 11 is 0. The normalized spacial score (nSPS) is 11.5. The Morgan fingerprint density at radius 3 is 2.92 bits per heavy atom. The van der Waals surface area contributed by atoms with Crippen LogP contribution in [0.3, 0.4) is 0 Å². The van der Waals surface area contributed by atoms with Gasteiger partial charge in [-0.2, -0.15) is 4.98 Å². The molecule has 0 N–H and O–H groups in total. The van der Waals surface area contributed by atoms with Gasteiger partial charge >= 0.3 is 0 Å². The van der Waals surface area contributed by atoms with Gasteiger partial charge in [0.15, 0.2) is 0 Å². The Balaban J connectivity index is 1.41. The Morgan fingerprint density at radius 2 is 2.08 bits per heavy atom. The smallest absolute Gasteiger partial charge is 0.241 e. The van der Waals surface area contributed by atoms with Crippen LogP contribution in [0.1, 0.15) is 11.6 Å². The van der Waals surface area contributed by atoms with Crippen molar-refractivity contribution in [3.63, 3.8) is 0 Å². The maximum Gasteiger partial charge on any atom is 0.241 e. The lowest BCUT2D eigenvalue weighted by atomic mass is 10.2. The number of aryl methyl sites for hydroxylation is 1. The van der Waals surface area contributed by atoms with Gasteiger partial charge in [-0.25, -0.2) is 4.98 Å². The van der Waals surface area contributed by atoms with Gasteiger partial charge in [0, 0.05) is 36.7 Å². The Morgan fingerprint density at radius 1 is 1.19 bits per heavy atom. The zero-order valence-corrected chi connectivity index (χ0v) is 14.8. The molecule has 0 bridgehead atoms. The molecule has 3 heterocycles. The average molecular weight is 348 g/mol. The van der Waals surface area contributed by atoms with Crippen molar-refractivity contribution in [2.24, 2.45) is 0 Å². The predicted molar refractivity (Wildman–Crippen MR) is 98.3 cm³/mol. The maximum atomic E-state index is 5.34. The quantitative estimate of drug-likeness (QED) is 0.533. The van der Waals surface area contributed by atoms with E-state index in [1.807, 2.05) is 7.05 Å². The van der Waals surface area contributed by atoms with Gasteiger partial charge in [0.25, 0.3) is 0 Å². The summed E-state index contributed by atoms with van der Waals surface area (Å²) in [6.45, 7) is 4.51. The molecule has 0 spiro atoms. The van der Waals surface area contributed by atoms with E-state index in [0.717, 1.165) is 13.1 Å². The fourth-order valence-electron chi connectivity index (χ4n) is 3.06. The van der Waals surface area contributed by atoms with E-state index in [1.165, 1.54) is 16.6 Å². The van der Waals surface area contributed by atoms with Gasteiger partial charge in [-0.05, 0) is 31.5 Å². The topological polar surface area (TPSA) is 72.9 Å². The molecule has 0 radical (unpaired) electrons. The second kappa shape index (κ2) is 7.05. The lowest BCUT2D eigenvalue weighted by Crippen LogP contribution is -2.23. The van der Waals surface area contributed by atoms with E-state index < -0.39 is 0 Å². The molecule has 0 fully saturated rings. The number of fused-ring (bicyclic) bond motifs is 1. The second-order valence-corrected chi connectivity index (χ2v) is 6.34.